The molecule has 2 fully saturated rings. The molecule has 2 aromatic rings. The second-order valence-corrected chi connectivity index (χ2v) is 8.04. The molecule has 154 valence electrons. The number of nitrogens with one attached hydrogen (secondary N) is 2. The molecule has 0 unspecified atom stereocenters. The molecule has 1 aliphatic heterocycles. The van der Waals surface area contributed by atoms with Gasteiger partial charge in [-0.2, -0.15) is 5.10 Å². The number of hydrogen-bond acceptors (Lipinski definition) is 4. The number of piperidine rings is 1. The summed E-state index contributed by atoms with van der Waals surface area (Å²) in [6.07, 6.45) is 3.92. The number of aryl methyl sites for hydroxylation is 2. The lowest BCUT2D eigenvalue weighted by Crippen LogP contribution is -2.42. The van der Waals surface area contributed by atoms with Gasteiger partial charge in [0.25, 0.3) is 5.91 Å². The van der Waals surface area contributed by atoms with Crippen LogP contribution in [0, 0.1) is 19.8 Å². The standard InChI is InChI=1S/C22H28N4O3/c1-14-20(15(2)25-24-14)13-23-21(27)16-5-7-18(8-6-16)29-19-9-11-26(12-10-19)22(28)17-3-4-17/h5-8,17,19H,3-4,9-13H2,1-2H3,(H,23,27)(H,24,25). The summed E-state index contributed by atoms with van der Waals surface area (Å²) in [5, 5.41) is 10.0. The van der Waals surface area contributed by atoms with Gasteiger partial charge in [-0.1, -0.05) is 0 Å². The third-order valence-electron chi connectivity index (χ3n) is 5.81. The number of likely N-dealkylation sites (tertiary alicyclic amines) is 1. The number of benzene rings is 1. The smallest absolute Gasteiger partial charge is 0.251 e. The Morgan fingerprint density at radius 2 is 1.83 bits per heavy atom. The largest absolute Gasteiger partial charge is 0.490 e. The van der Waals surface area contributed by atoms with E-state index in [1.807, 2.05) is 30.9 Å². The summed E-state index contributed by atoms with van der Waals surface area (Å²) >= 11 is 0. The Morgan fingerprint density at radius 1 is 1.14 bits per heavy atom. The van der Waals surface area contributed by atoms with Crippen LogP contribution in [0.15, 0.2) is 24.3 Å². The van der Waals surface area contributed by atoms with Gasteiger partial charge in [-0.25, -0.2) is 0 Å². The minimum absolute atomic E-state index is 0.116. The minimum Gasteiger partial charge on any atom is -0.490 e. The first-order valence-electron chi connectivity index (χ1n) is 10.4. The van der Waals surface area contributed by atoms with Gasteiger partial charge in [-0.05, 0) is 51.0 Å². The zero-order valence-electron chi connectivity index (χ0n) is 17.0. The Balaban J connectivity index is 1.25. The molecule has 0 bridgehead atoms. The monoisotopic (exact) mass is 396 g/mol. The van der Waals surface area contributed by atoms with Gasteiger partial charge in [0.2, 0.25) is 5.91 Å². The van der Waals surface area contributed by atoms with Crippen LogP contribution in [-0.2, 0) is 11.3 Å². The Kier molecular flexibility index (Phi) is 5.56. The molecular formula is C22H28N4O3. The maximum Gasteiger partial charge on any atom is 0.251 e. The van der Waals surface area contributed by atoms with Crippen LogP contribution in [0.2, 0.25) is 0 Å². The van der Waals surface area contributed by atoms with Crippen LogP contribution in [0.25, 0.3) is 0 Å². The van der Waals surface area contributed by atoms with Crippen molar-refractivity contribution >= 4 is 11.8 Å². The molecule has 0 spiro atoms. The molecule has 7 nitrogen and oxygen atoms in total. The Morgan fingerprint density at radius 3 is 2.41 bits per heavy atom. The number of carbonyl (C=O) groups excluding carboxylic acids is 2. The van der Waals surface area contributed by atoms with Gasteiger partial charge in [0.15, 0.2) is 0 Å². The van der Waals surface area contributed by atoms with Crippen molar-refractivity contribution < 1.29 is 14.3 Å². The Bertz CT molecular complexity index is 858. The SMILES string of the molecule is Cc1n[nH]c(C)c1CNC(=O)c1ccc(OC2CCN(C(=O)C3CC3)CC2)cc1. The molecule has 1 saturated carbocycles. The number of nitrogens with zero attached hydrogens (tertiary/aromatic N) is 2. The number of amides is 2. The maximum absolute atomic E-state index is 12.4. The summed E-state index contributed by atoms with van der Waals surface area (Å²) in [6, 6.07) is 7.24. The van der Waals surface area contributed by atoms with Crippen LogP contribution in [-0.4, -0.2) is 46.1 Å². The van der Waals surface area contributed by atoms with Gasteiger partial charge < -0.3 is 15.0 Å². The van der Waals surface area contributed by atoms with E-state index >= 15 is 0 Å². The van der Waals surface area contributed by atoms with E-state index in [2.05, 4.69) is 15.5 Å². The van der Waals surface area contributed by atoms with Crippen molar-refractivity contribution in [3.8, 4) is 5.75 Å². The highest BCUT2D eigenvalue weighted by atomic mass is 16.5. The predicted octanol–water partition coefficient (Wildman–Crippen LogP) is 2.74. The van der Waals surface area contributed by atoms with E-state index in [1.54, 1.807) is 12.1 Å². The van der Waals surface area contributed by atoms with Crippen LogP contribution in [0.1, 0.15) is 53.0 Å². The topological polar surface area (TPSA) is 87.3 Å². The van der Waals surface area contributed by atoms with Crippen LogP contribution in [0.5, 0.6) is 5.75 Å². The number of aromatic nitrogens is 2. The number of H-pyrrole nitrogens is 1. The molecule has 0 atom stereocenters. The van der Waals surface area contributed by atoms with Crippen molar-refractivity contribution in [3.05, 3.63) is 46.8 Å². The van der Waals surface area contributed by atoms with E-state index in [4.69, 9.17) is 4.74 Å². The zero-order chi connectivity index (χ0) is 20.4. The average molecular weight is 396 g/mol. The molecule has 2 aliphatic rings. The number of hydrogen-bond donors (Lipinski definition) is 2. The maximum atomic E-state index is 12.4. The zero-order valence-corrected chi connectivity index (χ0v) is 17.0. The summed E-state index contributed by atoms with van der Waals surface area (Å²) < 4.78 is 6.06. The lowest BCUT2D eigenvalue weighted by Gasteiger charge is -2.32. The van der Waals surface area contributed by atoms with Gasteiger partial charge in [-0.3, -0.25) is 14.7 Å². The normalized spacial score (nSPS) is 17.2. The van der Waals surface area contributed by atoms with E-state index in [9.17, 15) is 9.59 Å². The van der Waals surface area contributed by atoms with E-state index in [1.165, 1.54) is 0 Å². The summed E-state index contributed by atoms with van der Waals surface area (Å²) in [4.78, 5) is 26.5. The lowest BCUT2D eigenvalue weighted by molar-refractivity contribution is -0.134. The summed E-state index contributed by atoms with van der Waals surface area (Å²) in [5.74, 6) is 1.24. The van der Waals surface area contributed by atoms with Crippen LogP contribution < -0.4 is 10.1 Å². The molecule has 1 aliphatic carbocycles. The first-order chi connectivity index (χ1) is 14.0. The van der Waals surface area contributed by atoms with Crippen molar-refractivity contribution in [1.29, 1.82) is 0 Å². The van der Waals surface area contributed by atoms with Crippen LogP contribution in [0.3, 0.4) is 0 Å². The van der Waals surface area contributed by atoms with E-state index in [-0.39, 0.29) is 17.9 Å². The Labute approximate surface area is 170 Å². The highest BCUT2D eigenvalue weighted by molar-refractivity contribution is 5.94. The summed E-state index contributed by atoms with van der Waals surface area (Å²) in [7, 11) is 0. The fraction of sp³-hybridized carbons (Fsp3) is 0.500. The molecule has 0 radical (unpaired) electrons. The first kappa shape index (κ1) is 19.5. The van der Waals surface area contributed by atoms with Gasteiger partial charge >= 0.3 is 0 Å². The second kappa shape index (κ2) is 8.27. The first-order valence-corrected chi connectivity index (χ1v) is 10.4. The molecule has 29 heavy (non-hydrogen) atoms. The number of carbonyl (C=O) groups is 2. The summed E-state index contributed by atoms with van der Waals surface area (Å²) in [6.45, 7) is 5.85. The van der Waals surface area contributed by atoms with Gasteiger partial charge in [0, 0.05) is 55.2 Å². The van der Waals surface area contributed by atoms with Crippen LogP contribution in [0.4, 0.5) is 0 Å². The second-order valence-electron chi connectivity index (χ2n) is 8.04. The van der Waals surface area contributed by atoms with E-state index in [0.29, 0.717) is 18.0 Å². The third kappa shape index (κ3) is 4.60. The quantitative estimate of drug-likeness (QED) is 0.786. The van der Waals surface area contributed by atoms with Crippen molar-refractivity contribution in [3.63, 3.8) is 0 Å². The van der Waals surface area contributed by atoms with Crippen LogP contribution >= 0.6 is 0 Å². The van der Waals surface area contributed by atoms with Crippen molar-refractivity contribution in [1.82, 2.24) is 20.4 Å². The van der Waals surface area contributed by atoms with E-state index < -0.39 is 0 Å². The molecule has 1 aromatic heterocycles. The molecule has 4 rings (SSSR count). The average Bonchev–Trinajstić information content (AvgIpc) is 3.53. The number of rotatable bonds is 6. The molecule has 1 aromatic carbocycles. The van der Waals surface area contributed by atoms with Gasteiger partial charge in [-0.15, -0.1) is 0 Å². The molecule has 2 N–H and O–H groups in total. The highest BCUT2D eigenvalue weighted by Gasteiger charge is 2.35. The fourth-order valence-corrected chi connectivity index (χ4v) is 3.77. The van der Waals surface area contributed by atoms with Crippen molar-refractivity contribution in [2.45, 2.75) is 52.2 Å². The molecule has 2 heterocycles. The molecule has 2 amide bonds. The predicted molar refractivity (Wildman–Crippen MR) is 109 cm³/mol. The van der Waals surface area contributed by atoms with Crippen molar-refractivity contribution in [2.24, 2.45) is 5.92 Å². The summed E-state index contributed by atoms with van der Waals surface area (Å²) in [5.41, 5.74) is 3.48. The Hall–Kier alpha value is -2.83. The lowest BCUT2D eigenvalue weighted by atomic mass is 10.1. The minimum atomic E-state index is -0.122. The third-order valence-corrected chi connectivity index (χ3v) is 5.81. The van der Waals surface area contributed by atoms with Gasteiger partial charge in [0.1, 0.15) is 11.9 Å². The highest BCUT2D eigenvalue weighted by Crippen LogP contribution is 2.32. The van der Waals surface area contributed by atoms with E-state index in [0.717, 1.165) is 61.5 Å². The van der Waals surface area contributed by atoms with Crippen molar-refractivity contribution in [2.75, 3.05) is 13.1 Å². The molecule has 1 saturated heterocycles. The van der Waals surface area contributed by atoms with Gasteiger partial charge in [0.05, 0.1) is 5.69 Å². The number of aromatic amines is 1. The molecular weight excluding hydrogens is 368 g/mol. The number of ether oxygens (including phenoxy) is 1. The molecule has 7 heteroatoms. The fourth-order valence-electron chi connectivity index (χ4n) is 3.77.